The van der Waals surface area contributed by atoms with E-state index in [2.05, 4.69) is 0 Å². The molecule has 62 valence electrons. The molecule has 0 aromatic rings. The molecule has 0 aliphatic carbocycles. The zero-order valence-electron chi connectivity index (χ0n) is 6.42. The zero-order valence-corrected chi connectivity index (χ0v) is 6.42. The minimum absolute atomic E-state index is 0.224. The summed E-state index contributed by atoms with van der Waals surface area (Å²) in [7, 11) is 0. The lowest BCUT2D eigenvalue weighted by Crippen LogP contribution is -2.40. The van der Waals surface area contributed by atoms with Crippen molar-refractivity contribution in [3.05, 3.63) is 0 Å². The highest BCUT2D eigenvalue weighted by molar-refractivity contribution is 5.78. The number of piperidine rings is 1. The topological polar surface area (TPSA) is 20.3 Å². The van der Waals surface area contributed by atoms with Crippen LogP contribution in [-0.4, -0.2) is 29.6 Å². The molecule has 2 heterocycles. The van der Waals surface area contributed by atoms with E-state index >= 15 is 0 Å². The fourth-order valence-electron chi connectivity index (χ4n) is 2.04. The van der Waals surface area contributed by atoms with Gasteiger partial charge in [-0.1, -0.05) is 0 Å². The highest BCUT2D eigenvalue weighted by Gasteiger charge is 2.35. The van der Waals surface area contributed by atoms with Gasteiger partial charge in [-0.05, 0) is 19.3 Å². The molecule has 0 radical (unpaired) electrons. The van der Waals surface area contributed by atoms with Crippen LogP contribution in [-0.2, 0) is 4.79 Å². The number of carbonyl (C=O) groups is 1. The van der Waals surface area contributed by atoms with Crippen LogP contribution in [0.4, 0.5) is 4.39 Å². The summed E-state index contributed by atoms with van der Waals surface area (Å²) in [5.41, 5.74) is 0. The van der Waals surface area contributed by atoms with E-state index < -0.39 is 6.17 Å². The lowest BCUT2D eigenvalue weighted by molar-refractivity contribution is -0.130. The second-order valence-corrected chi connectivity index (χ2v) is 3.40. The van der Waals surface area contributed by atoms with Gasteiger partial charge in [-0.3, -0.25) is 4.79 Å². The standard InChI is InChI=1S/C8H12FNO/c9-6-3-4-10-7(5-6)1-2-8(10)11/h6-7H,1-5H2. The molecule has 0 spiro atoms. The van der Waals surface area contributed by atoms with Gasteiger partial charge in [0.05, 0.1) is 0 Å². The molecule has 11 heavy (non-hydrogen) atoms. The Balaban J connectivity index is 2.06. The van der Waals surface area contributed by atoms with Crippen LogP contribution < -0.4 is 0 Å². The monoisotopic (exact) mass is 157 g/mol. The summed E-state index contributed by atoms with van der Waals surface area (Å²) >= 11 is 0. The van der Waals surface area contributed by atoms with Gasteiger partial charge in [-0.2, -0.15) is 0 Å². The average molecular weight is 157 g/mol. The van der Waals surface area contributed by atoms with Gasteiger partial charge in [0, 0.05) is 19.0 Å². The number of carbonyl (C=O) groups excluding carboxylic acids is 1. The first-order valence-electron chi connectivity index (χ1n) is 4.21. The molecule has 2 saturated heterocycles. The summed E-state index contributed by atoms with van der Waals surface area (Å²) in [6.45, 7) is 0.644. The molecule has 0 aromatic heterocycles. The van der Waals surface area contributed by atoms with Crippen LogP contribution in [0.3, 0.4) is 0 Å². The third kappa shape index (κ3) is 1.12. The molecular formula is C8H12FNO. The molecule has 2 fully saturated rings. The van der Waals surface area contributed by atoms with E-state index in [-0.39, 0.29) is 11.9 Å². The van der Waals surface area contributed by atoms with E-state index in [1.165, 1.54) is 0 Å². The molecule has 0 bridgehead atoms. The third-order valence-corrected chi connectivity index (χ3v) is 2.66. The number of hydrogen-bond acceptors (Lipinski definition) is 1. The molecule has 2 unspecified atom stereocenters. The fourth-order valence-corrected chi connectivity index (χ4v) is 2.04. The van der Waals surface area contributed by atoms with Gasteiger partial charge < -0.3 is 4.90 Å². The second kappa shape index (κ2) is 2.47. The van der Waals surface area contributed by atoms with Crippen LogP contribution >= 0.6 is 0 Å². The summed E-state index contributed by atoms with van der Waals surface area (Å²) in [4.78, 5) is 13.0. The van der Waals surface area contributed by atoms with Crippen LogP contribution in [0, 0.1) is 0 Å². The number of halogens is 1. The van der Waals surface area contributed by atoms with Gasteiger partial charge in [0.2, 0.25) is 5.91 Å². The first kappa shape index (κ1) is 7.07. The molecule has 2 rings (SSSR count). The highest BCUT2D eigenvalue weighted by Crippen LogP contribution is 2.28. The Labute approximate surface area is 65.4 Å². The fraction of sp³-hybridized carbons (Fsp3) is 0.875. The molecule has 2 aliphatic heterocycles. The third-order valence-electron chi connectivity index (χ3n) is 2.66. The van der Waals surface area contributed by atoms with E-state index in [0.717, 1.165) is 6.42 Å². The van der Waals surface area contributed by atoms with Crippen molar-refractivity contribution in [1.29, 1.82) is 0 Å². The average Bonchev–Trinajstić information content (AvgIpc) is 2.32. The number of fused-ring (bicyclic) bond motifs is 1. The van der Waals surface area contributed by atoms with Gasteiger partial charge >= 0.3 is 0 Å². The summed E-state index contributed by atoms with van der Waals surface area (Å²) in [6.07, 6.45) is 1.96. The van der Waals surface area contributed by atoms with Crippen molar-refractivity contribution in [3.8, 4) is 0 Å². The SMILES string of the molecule is O=C1CCC2CC(F)CCN12. The van der Waals surface area contributed by atoms with Crippen LogP contribution in [0.25, 0.3) is 0 Å². The van der Waals surface area contributed by atoms with Crippen LogP contribution in [0.5, 0.6) is 0 Å². The van der Waals surface area contributed by atoms with Gasteiger partial charge in [0.1, 0.15) is 6.17 Å². The van der Waals surface area contributed by atoms with Crippen LogP contribution in [0.15, 0.2) is 0 Å². The normalized spacial score (nSPS) is 37.5. The number of amides is 1. The van der Waals surface area contributed by atoms with Crippen LogP contribution in [0.2, 0.25) is 0 Å². The molecule has 0 aromatic carbocycles. The Hall–Kier alpha value is -0.600. The van der Waals surface area contributed by atoms with E-state index in [4.69, 9.17) is 0 Å². The Morgan fingerprint density at radius 1 is 1.45 bits per heavy atom. The van der Waals surface area contributed by atoms with E-state index in [1.807, 2.05) is 4.90 Å². The summed E-state index contributed by atoms with van der Waals surface area (Å²) in [6, 6.07) is 0.228. The maximum absolute atomic E-state index is 12.8. The predicted octanol–water partition coefficient (Wildman–Crippen LogP) is 1.11. The van der Waals surface area contributed by atoms with Crippen molar-refractivity contribution in [3.63, 3.8) is 0 Å². The van der Waals surface area contributed by atoms with E-state index in [1.54, 1.807) is 0 Å². The second-order valence-electron chi connectivity index (χ2n) is 3.40. The van der Waals surface area contributed by atoms with Gasteiger partial charge in [-0.25, -0.2) is 4.39 Å². The summed E-state index contributed by atoms with van der Waals surface area (Å²) in [5, 5.41) is 0. The largest absolute Gasteiger partial charge is 0.339 e. The maximum atomic E-state index is 12.8. The van der Waals surface area contributed by atoms with Crippen molar-refractivity contribution in [2.75, 3.05) is 6.54 Å². The number of hydrogen-bond donors (Lipinski definition) is 0. The van der Waals surface area contributed by atoms with Crippen molar-refractivity contribution in [2.45, 2.75) is 37.9 Å². The summed E-state index contributed by atoms with van der Waals surface area (Å²) in [5.74, 6) is 0.224. The lowest BCUT2D eigenvalue weighted by Gasteiger charge is -2.31. The summed E-state index contributed by atoms with van der Waals surface area (Å²) < 4.78 is 12.8. The van der Waals surface area contributed by atoms with Gasteiger partial charge in [0.15, 0.2) is 0 Å². The lowest BCUT2D eigenvalue weighted by atomic mass is 10.0. The zero-order chi connectivity index (χ0) is 7.84. The number of alkyl halides is 1. The van der Waals surface area contributed by atoms with Gasteiger partial charge in [0.25, 0.3) is 0 Å². The Morgan fingerprint density at radius 3 is 3.09 bits per heavy atom. The van der Waals surface area contributed by atoms with Crippen LogP contribution in [0.1, 0.15) is 25.7 Å². The van der Waals surface area contributed by atoms with Crippen molar-refractivity contribution in [2.24, 2.45) is 0 Å². The predicted molar refractivity (Wildman–Crippen MR) is 38.9 cm³/mol. The Morgan fingerprint density at radius 2 is 2.27 bits per heavy atom. The first-order valence-corrected chi connectivity index (χ1v) is 4.21. The molecule has 0 saturated carbocycles. The molecule has 2 atom stereocenters. The van der Waals surface area contributed by atoms with Crippen molar-refractivity contribution in [1.82, 2.24) is 4.90 Å². The molecular weight excluding hydrogens is 145 g/mol. The molecule has 2 nitrogen and oxygen atoms in total. The molecule has 0 N–H and O–H groups in total. The molecule has 2 aliphatic rings. The Kier molecular flexibility index (Phi) is 1.59. The molecule has 3 heteroatoms. The molecule has 1 amide bonds. The number of rotatable bonds is 0. The highest BCUT2D eigenvalue weighted by atomic mass is 19.1. The van der Waals surface area contributed by atoms with Crippen molar-refractivity contribution >= 4 is 5.91 Å². The van der Waals surface area contributed by atoms with Gasteiger partial charge in [-0.15, -0.1) is 0 Å². The smallest absolute Gasteiger partial charge is 0.222 e. The number of nitrogens with zero attached hydrogens (tertiary/aromatic N) is 1. The minimum Gasteiger partial charge on any atom is -0.339 e. The first-order chi connectivity index (χ1) is 5.27. The van der Waals surface area contributed by atoms with Crippen molar-refractivity contribution < 1.29 is 9.18 Å². The minimum atomic E-state index is -0.665. The maximum Gasteiger partial charge on any atom is 0.222 e. The van der Waals surface area contributed by atoms with E-state index in [9.17, 15) is 9.18 Å². The Bertz CT molecular complexity index is 183. The quantitative estimate of drug-likeness (QED) is 0.515. The van der Waals surface area contributed by atoms with E-state index in [0.29, 0.717) is 25.8 Å².